The Balaban J connectivity index is 2.26. The van der Waals surface area contributed by atoms with E-state index in [2.05, 4.69) is 15.0 Å². The Morgan fingerprint density at radius 1 is 1.33 bits per heavy atom. The van der Waals surface area contributed by atoms with E-state index in [9.17, 15) is 0 Å². The van der Waals surface area contributed by atoms with Crippen LogP contribution in [0.15, 0.2) is 24.5 Å². The number of nitrogens with zero attached hydrogens (tertiary/aromatic N) is 4. The van der Waals surface area contributed by atoms with Gasteiger partial charge < -0.3 is 4.90 Å². The molecule has 5 heteroatoms. The summed E-state index contributed by atoms with van der Waals surface area (Å²) in [5, 5.41) is 4.42. The molecule has 96 valence electrons. The van der Waals surface area contributed by atoms with E-state index in [1.165, 1.54) is 5.56 Å². The minimum Gasteiger partial charge on any atom is -0.355 e. The summed E-state index contributed by atoms with van der Waals surface area (Å²) >= 11 is 6.01. The lowest BCUT2D eigenvalue weighted by Gasteiger charge is -2.20. The van der Waals surface area contributed by atoms with Crippen molar-refractivity contribution in [1.29, 1.82) is 0 Å². The molecule has 18 heavy (non-hydrogen) atoms. The highest BCUT2D eigenvalue weighted by atomic mass is 35.5. The summed E-state index contributed by atoms with van der Waals surface area (Å²) in [5.74, 6) is 1.55. The van der Waals surface area contributed by atoms with Crippen molar-refractivity contribution >= 4 is 17.4 Å². The molecule has 0 saturated heterocycles. The van der Waals surface area contributed by atoms with E-state index in [-0.39, 0.29) is 0 Å². The fourth-order valence-electron chi connectivity index (χ4n) is 2.16. The minimum atomic E-state index is 0.482. The Morgan fingerprint density at radius 3 is 2.61 bits per heavy atom. The lowest BCUT2D eigenvalue weighted by atomic mass is 10.2. The van der Waals surface area contributed by atoms with Gasteiger partial charge in [-0.1, -0.05) is 0 Å². The van der Waals surface area contributed by atoms with E-state index < -0.39 is 0 Å². The van der Waals surface area contributed by atoms with Crippen LogP contribution in [0.5, 0.6) is 0 Å². The zero-order valence-corrected chi connectivity index (χ0v) is 11.6. The Morgan fingerprint density at radius 2 is 2.00 bits per heavy atom. The van der Waals surface area contributed by atoms with E-state index in [0.717, 1.165) is 23.6 Å². The third-order valence-corrected chi connectivity index (χ3v) is 3.24. The molecule has 0 spiro atoms. The van der Waals surface area contributed by atoms with Crippen LogP contribution in [0.2, 0.25) is 0 Å². The number of hydrogen-bond donors (Lipinski definition) is 0. The van der Waals surface area contributed by atoms with Crippen LogP contribution in [0.25, 0.3) is 0 Å². The van der Waals surface area contributed by atoms with Crippen LogP contribution in [-0.2, 0) is 19.5 Å². The van der Waals surface area contributed by atoms with Gasteiger partial charge in [-0.2, -0.15) is 5.10 Å². The van der Waals surface area contributed by atoms with Crippen molar-refractivity contribution < 1.29 is 0 Å². The largest absolute Gasteiger partial charge is 0.355 e. The highest BCUT2D eigenvalue weighted by molar-refractivity contribution is 6.17. The smallest absolute Gasteiger partial charge is 0.131 e. The summed E-state index contributed by atoms with van der Waals surface area (Å²) in [5.41, 5.74) is 3.30. The first kappa shape index (κ1) is 12.9. The highest BCUT2D eigenvalue weighted by Crippen LogP contribution is 2.25. The number of aryl methyl sites for hydroxylation is 2. The zero-order valence-electron chi connectivity index (χ0n) is 10.9. The summed E-state index contributed by atoms with van der Waals surface area (Å²) in [6, 6.07) is 4.03. The predicted octanol–water partition coefficient (Wildman–Crippen LogP) is 2.50. The minimum absolute atomic E-state index is 0.482. The molecule has 2 aromatic rings. The molecule has 2 rings (SSSR count). The molecule has 2 aromatic heterocycles. The van der Waals surface area contributed by atoms with Crippen LogP contribution >= 0.6 is 11.6 Å². The van der Waals surface area contributed by atoms with Gasteiger partial charge >= 0.3 is 0 Å². The van der Waals surface area contributed by atoms with Crippen LogP contribution in [0.4, 0.5) is 5.82 Å². The second kappa shape index (κ2) is 5.40. The zero-order chi connectivity index (χ0) is 13.1. The van der Waals surface area contributed by atoms with Gasteiger partial charge in [0.25, 0.3) is 0 Å². The Kier molecular flexibility index (Phi) is 3.87. The Hall–Kier alpha value is -1.55. The first-order chi connectivity index (χ1) is 8.63. The van der Waals surface area contributed by atoms with Crippen molar-refractivity contribution in [3.63, 3.8) is 0 Å². The SMILES string of the molecule is Cc1nn(C)c(N(C)Cc2ccncc2)c1CCl. The van der Waals surface area contributed by atoms with Crippen LogP contribution in [0.1, 0.15) is 16.8 Å². The van der Waals surface area contributed by atoms with E-state index in [1.54, 1.807) is 12.4 Å². The van der Waals surface area contributed by atoms with Crippen LogP contribution in [0.3, 0.4) is 0 Å². The molecule has 0 bridgehead atoms. The number of anilines is 1. The molecule has 0 amide bonds. The van der Waals surface area contributed by atoms with Gasteiger partial charge in [-0.15, -0.1) is 11.6 Å². The lowest BCUT2D eigenvalue weighted by molar-refractivity contribution is 0.726. The number of halogens is 1. The van der Waals surface area contributed by atoms with E-state index >= 15 is 0 Å². The van der Waals surface area contributed by atoms with Gasteiger partial charge in [-0.05, 0) is 24.6 Å². The highest BCUT2D eigenvalue weighted by Gasteiger charge is 2.16. The van der Waals surface area contributed by atoms with Crippen molar-refractivity contribution in [2.75, 3.05) is 11.9 Å². The number of pyridine rings is 1. The summed E-state index contributed by atoms with van der Waals surface area (Å²) in [7, 11) is 3.99. The third-order valence-electron chi connectivity index (χ3n) is 2.98. The van der Waals surface area contributed by atoms with E-state index in [4.69, 9.17) is 11.6 Å². The van der Waals surface area contributed by atoms with Gasteiger partial charge in [0.05, 0.1) is 11.6 Å². The molecule has 2 heterocycles. The van der Waals surface area contributed by atoms with Gasteiger partial charge in [-0.25, -0.2) is 0 Å². The molecule has 0 aliphatic rings. The molecule has 0 fully saturated rings. The molecular formula is C13H17ClN4. The standard InChI is InChI=1S/C13H17ClN4/c1-10-12(8-14)13(18(3)16-10)17(2)9-11-4-6-15-7-5-11/h4-7H,8-9H2,1-3H3. The molecule has 0 radical (unpaired) electrons. The molecule has 0 atom stereocenters. The van der Waals surface area contributed by atoms with Crippen molar-refractivity contribution in [2.45, 2.75) is 19.3 Å². The number of hydrogen-bond acceptors (Lipinski definition) is 3. The van der Waals surface area contributed by atoms with Gasteiger partial charge in [0.1, 0.15) is 5.82 Å². The fourth-order valence-corrected chi connectivity index (χ4v) is 2.47. The van der Waals surface area contributed by atoms with Crippen molar-refractivity contribution in [1.82, 2.24) is 14.8 Å². The second-order valence-corrected chi connectivity index (χ2v) is 4.62. The summed E-state index contributed by atoms with van der Waals surface area (Å²) in [4.78, 5) is 6.18. The maximum atomic E-state index is 6.01. The van der Waals surface area contributed by atoms with E-state index in [1.807, 2.05) is 37.8 Å². The molecule has 0 unspecified atom stereocenters. The molecule has 0 aliphatic carbocycles. The van der Waals surface area contributed by atoms with Crippen LogP contribution < -0.4 is 4.90 Å². The molecule has 0 N–H and O–H groups in total. The lowest BCUT2D eigenvalue weighted by Crippen LogP contribution is -2.20. The van der Waals surface area contributed by atoms with E-state index in [0.29, 0.717) is 5.88 Å². The normalized spacial score (nSPS) is 10.7. The average Bonchev–Trinajstić information content (AvgIpc) is 2.64. The predicted molar refractivity (Wildman–Crippen MR) is 73.8 cm³/mol. The molecule has 0 aliphatic heterocycles. The second-order valence-electron chi connectivity index (χ2n) is 4.36. The number of alkyl halides is 1. The van der Waals surface area contributed by atoms with Gasteiger partial charge in [-0.3, -0.25) is 9.67 Å². The third kappa shape index (κ3) is 2.48. The summed E-state index contributed by atoms with van der Waals surface area (Å²) in [6.45, 7) is 2.80. The van der Waals surface area contributed by atoms with Gasteiger partial charge in [0.2, 0.25) is 0 Å². The summed E-state index contributed by atoms with van der Waals surface area (Å²) < 4.78 is 1.88. The first-order valence-corrected chi connectivity index (χ1v) is 6.35. The van der Waals surface area contributed by atoms with Gasteiger partial charge in [0.15, 0.2) is 0 Å². The van der Waals surface area contributed by atoms with Crippen molar-refractivity contribution in [3.8, 4) is 0 Å². The number of rotatable bonds is 4. The first-order valence-electron chi connectivity index (χ1n) is 5.82. The van der Waals surface area contributed by atoms with Crippen molar-refractivity contribution in [3.05, 3.63) is 41.3 Å². The van der Waals surface area contributed by atoms with Crippen LogP contribution in [0, 0.1) is 6.92 Å². The Bertz CT molecular complexity index is 521. The monoisotopic (exact) mass is 264 g/mol. The van der Waals surface area contributed by atoms with Gasteiger partial charge in [0, 0.05) is 38.6 Å². The fraction of sp³-hybridized carbons (Fsp3) is 0.385. The van der Waals surface area contributed by atoms with Crippen LogP contribution in [-0.4, -0.2) is 21.8 Å². The maximum absolute atomic E-state index is 6.01. The number of aromatic nitrogens is 3. The molecule has 0 aromatic carbocycles. The summed E-state index contributed by atoms with van der Waals surface area (Å²) in [6.07, 6.45) is 3.61. The molecule has 4 nitrogen and oxygen atoms in total. The quantitative estimate of drug-likeness (QED) is 0.796. The molecule has 0 saturated carbocycles. The topological polar surface area (TPSA) is 34.0 Å². The molecular weight excluding hydrogens is 248 g/mol. The van der Waals surface area contributed by atoms with Crippen molar-refractivity contribution in [2.24, 2.45) is 7.05 Å². The maximum Gasteiger partial charge on any atom is 0.131 e. The Labute approximate surface area is 112 Å². The average molecular weight is 265 g/mol.